The second-order valence-corrected chi connectivity index (χ2v) is 7.96. The van der Waals surface area contributed by atoms with E-state index in [1.165, 1.54) is 5.56 Å². The predicted octanol–water partition coefficient (Wildman–Crippen LogP) is 4.47. The molecule has 1 fully saturated rings. The van der Waals surface area contributed by atoms with Crippen LogP contribution in [0.5, 0.6) is 0 Å². The molecule has 29 heavy (non-hydrogen) atoms. The van der Waals surface area contributed by atoms with E-state index in [9.17, 15) is 9.59 Å². The Morgan fingerprint density at radius 1 is 1.24 bits per heavy atom. The lowest BCUT2D eigenvalue weighted by atomic mass is 10.1. The molecule has 3 amide bonds. The van der Waals surface area contributed by atoms with Crippen LogP contribution in [0.25, 0.3) is 0 Å². The summed E-state index contributed by atoms with van der Waals surface area (Å²) in [5.41, 5.74) is 2.75. The van der Waals surface area contributed by atoms with E-state index in [-0.39, 0.29) is 18.0 Å². The standard InChI is InChI=1S/C22H30N4O2S/c1-3-25(4-2)20(17-11-13-29-16-17)15-23-22(28)24-18-8-7-9-19(14-18)26-12-6-5-10-21(26)27/h7-9,11,13-14,16,20H,3-6,10,12,15H2,1-2H3,(H2,23,24,28)/t20-/m1/s1. The monoisotopic (exact) mass is 414 g/mol. The molecule has 7 heteroatoms. The van der Waals surface area contributed by atoms with Crippen molar-refractivity contribution in [3.63, 3.8) is 0 Å². The third kappa shape index (κ3) is 5.58. The zero-order chi connectivity index (χ0) is 20.6. The molecule has 2 N–H and O–H groups in total. The fourth-order valence-electron chi connectivity index (χ4n) is 3.78. The molecule has 6 nitrogen and oxygen atoms in total. The SMILES string of the molecule is CCN(CC)[C@H](CNC(=O)Nc1cccc(N2CCCCC2=O)c1)c1ccsc1. The molecule has 2 aromatic rings. The Hall–Kier alpha value is -2.38. The number of rotatable bonds is 8. The highest BCUT2D eigenvalue weighted by Crippen LogP contribution is 2.24. The van der Waals surface area contributed by atoms with Crippen molar-refractivity contribution < 1.29 is 9.59 Å². The first-order valence-electron chi connectivity index (χ1n) is 10.3. The van der Waals surface area contributed by atoms with Gasteiger partial charge in [-0.05, 0) is 66.5 Å². The normalized spacial score (nSPS) is 15.4. The lowest BCUT2D eigenvalue weighted by molar-refractivity contribution is -0.119. The van der Waals surface area contributed by atoms with Crippen LogP contribution in [0.1, 0.15) is 44.7 Å². The van der Waals surface area contributed by atoms with Crippen molar-refractivity contribution in [2.24, 2.45) is 0 Å². The molecule has 156 valence electrons. The lowest BCUT2D eigenvalue weighted by Gasteiger charge is -2.29. The molecular formula is C22H30N4O2S. The zero-order valence-electron chi connectivity index (χ0n) is 17.2. The Morgan fingerprint density at radius 2 is 2.07 bits per heavy atom. The molecule has 1 atom stereocenters. The highest BCUT2D eigenvalue weighted by molar-refractivity contribution is 7.08. The fraction of sp³-hybridized carbons (Fsp3) is 0.455. The third-order valence-corrected chi connectivity index (χ3v) is 6.08. The van der Waals surface area contributed by atoms with E-state index in [0.29, 0.717) is 18.7 Å². The Bertz CT molecular complexity index is 805. The molecule has 2 heterocycles. The van der Waals surface area contributed by atoms with Gasteiger partial charge >= 0.3 is 6.03 Å². The number of carbonyl (C=O) groups is 2. The second-order valence-electron chi connectivity index (χ2n) is 7.18. The summed E-state index contributed by atoms with van der Waals surface area (Å²) in [4.78, 5) is 28.8. The third-order valence-electron chi connectivity index (χ3n) is 5.38. The van der Waals surface area contributed by atoms with E-state index in [0.717, 1.165) is 38.2 Å². The number of hydrogen-bond donors (Lipinski definition) is 2. The van der Waals surface area contributed by atoms with Gasteiger partial charge in [0.05, 0.1) is 6.04 Å². The summed E-state index contributed by atoms with van der Waals surface area (Å²) in [6.07, 6.45) is 2.56. The average molecular weight is 415 g/mol. The van der Waals surface area contributed by atoms with Gasteiger partial charge in [0.2, 0.25) is 5.91 Å². The Balaban J connectivity index is 1.61. The van der Waals surface area contributed by atoms with Crippen molar-refractivity contribution >= 4 is 34.6 Å². The Morgan fingerprint density at radius 3 is 2.76 bits per heavy atom. The molecule has 1 aliphatic rings. The summed E-state index contributed by atoms with van der Waals surface area (Å²) in [7, 11) is 0. The molecule has 0 saturated carbocycles. The van der Waals surface area contributed by atoms with Gasteiger partial charge in [-0.3, -0.25) is 9.69 Å². The van der Waals surface area contributed by atoms with Crippen molar-refractivity contribution in [2.45, 2.75) is 39.2 Å². The highest BCUT2D eigenvalue weighted by atomic mass is 32.1. The van der Waals surface area contributed by atoms with Gasteiger partial charge < -0.3 is 15.5 Å². The van der Waals surface area contributed by atoms with Crippen LogP contribution < -0.4 is 15.5 Å². The van der Waals surface area contributed by atoms with Crippen molar-refractivity contribution in [1.82, 2.24) is 10.2 Å². The molecule has 0 spiro atoms. The minimum atomic E-state index is -0.237. The summed E-state index contributed by atoms with van der Waals surface area (Å²) in [6.45, 7) is 7.39. The van der Waals surface area contributed by atoms with Gasteiger partial charge in [0.15, 0.2) is 0 Å². The number of benzene rings is 1. The number of urea groups is 1. The fourth-order valence-corrected chi connectivity index (χ4v) is 4.49. The molecule has 1 saturated heterocycles. The van der Waals surface area contributed by atoms with E-state index in [4.69, 9.17) is 0 Å². The van der Waals surface area contributed by atoms with Gasteiger partial charge in [-0.15, -0.1) is 0 Å². The van der Waals surface area contributed by atoms with Crippen LogP contribution in [0.4, 0.5) is 16.2 Å². The van der Waals surface area contributed by atoms with Crippen molar-refractivity contribution in [2.75, 3.05) is 36.4 Å². The smallest absolute Gasteiger partial charge is 0.319 e. The van der Waals surface area contributed by atoms with Crippen LogP contribution in [0, 0.1) is 0 Å². The first-order chi connectivity index (χ1) is 14.1. The van der Waals surface area contributed by atoms with E-state index in [2.05, 4.69) is 46.2 Å². The molecule has 1 aliphatic heterocycles. The van der Waals surface area contributed by atoms with Crippen LogP contribution in [0.3, 0.4) is 0 Å². The van der Waals surface area contributed by atoms with Gasteiger partial charge in [0.1, 0.15) is 0 Å². The first-order valence-corrected chi connectivity index (χ1v) is 11.3. The average Bonchev–Trinajstić information content (AvgIpc) is 3.26. The number of thiophene rings is 1. The van der Waals surface area contributed by atoms with Gasteiger partial charge in [-0.25, -0.2) is 4.79 Å². The lowest BCUT2D eigenvalue weighted by Crippen LogP contribution is -2.39. The van der Waals surface area contributed by atoms with Crippen LogP contribution in [-0.4, -0.2) is 43.0 Å². The molecule has 1 aromatic heterocycles. The highest BCUT2D eigenvalue weighted by Gasteiger charge is 2.21. The van der Waals surface area contributed by atoms with Crippen LogP contribution >= 0.6 is 11.3 Å². The summed E-state index contributed by atoms with van der Waals surface area (Å²) < 4.78 is 0. The number of hydrogen-bond acceptors (Lipinski definition) is 4. The number of amides is 3. The van der Waals surface area contributed by atoms with Crippen molar-refractivity contribution in [3.05, 3.63) is 46.7 Å². The van der Waals surface area contributed by atoms with Crippen molar-refractivity contribution in [3.8, 4) is 0 Å². The number of likely N-dealkylation sites (N-methyl/N-ethyl adjacent to an activating group) is 1. The van der Waals surface area contributed by atoms with Gasteiger partial charge in [0.25, 0.3) is 0 Å². The molecule has 0 bridgehead atoms. The Kier molecular flexibility index (Phi) is 7.66. The van der Waals surface area contributed by atoms with E-state index < -0.39 is 0 Å². The topological polar surface area (TPSA) is 64.7 Å². The molecule has 1 aromatic carbocycles. The molecule has 3 rings (SSSR count). The van der Waals surface area contributed by atoms with Gasteiger partial charge in [0, 0.05) is 30.9 Å². The summed E-state index contributed by atoms with van der Waals surface area (Å²) in [5, 5.41) is 10.1. The Labute approximate surface area is 176 Å². The number of nitrogens with one attached hydrogen (secondary N) is 2. The molecule has 0 unspecified atom stereocenters. The van der Waals surface area contributed by atoms with Gasteiger partial charge in [-0.1, -0.05) is 19.9 Å². The quantitative estimate of drug-likeness (QED) is 0.670. The van der Waals surface area contributed by atoms with Crippen LogP contribution in [0.2, 0.25) is 0 Å². The van der Waals surface area contributed by atoms with Crippen LogP contribution in [-0.2, 0) is 4.79 Å². The maximum Gasteiger partial charge on any atom is 0.319 e. The maximum atomic E-state index is 12.5. The zero-order valence-corrected chi connectivity index (χ0v) is 18.0. The summed E-state index contributed by atoms with van der Waals surface area (Å²) >= 11 is 1.67. The molecule has 0 radical (unpaired) electrons. The number of nitrogens with zero attached hydrogens (tertiary/aromatic N) is 2. The predicted molar refractivity (Wildman–Crippen MR) is 120 cm³/mol. The number of anilines is 2. The van der Waals surface area contributed by atoms with Crippen molar-refractivity contribution in [1.29, 1.82) is 0 Å². The van der Waals surface area contributed by atoms with E-state index in [1.54, 1.807) is 16.2 Å². The minimum absolute atomic E-state index is 0.149. The largest absolute Gasteiger partial charge is 0.336 e. The van der Waals surface area contributed by atoms with E-state index in [1.807, 2.05) is 24.3 Å². The van der Waals surface area contributed by atoms with Crippen LogP contribution in [0.15, 0.2) is 41.1 Å². The second kappa shape index (κ2) is 10.4. The summed E-state index contributed by atoms with van der Waals surface area (Å²) in [6, 6.07) is 9.53. The summed E-state index contributed by atoms with van der Waals surface area (Å²) in [5.74, 6) is 0.149. The number of carbonyl (C=O) groups excluding carboxylic acids is 2. The van der Waals surface area contributed by atoms with E-state index >= 15 is 0 Å². The maximum absolute atomic E-state index is 12.5. The number of piperidine rings is 1. The molecule has 0 aliphatic carbocycles. The first kappa shape index (κ1) is 21.3. The molecular weight excluding hydrogens is 384 g/mol. The van der Waals surface area contributed by atoms with Gasteiger partial charge in [-0.2, -0.15) is 11.3 Å². The minimum Gasteiger partial charge on any atom is -0.336 e.